The van der Waals surface area contributed by atoms with Crippen LogP contribution in [0.15, 0.2) is 60.9 Å². The Balaban J connectivity index is 1.54. The molecule has 0 bridgehead atoms. The molecule has 3 heterocycles. The summed E-state index contributed by atoms with van der Waals surface area (Å²) < 4.78 is 0. The molecule has 0 aliphatic carbocycles. The molecule has 1 aliphatic heterocycles. The minimum atomic E-state index is 0.00166. The number of benzene rings is 1. The van der Waals surface area contributed by atoms with Gasteiger partial charge in [-0.2, -0.15) is 0 Å². The maximum Gasteiger partial charge on any atom is 0.223 e. The summed E-state index contributed by atoms with van der Waals surface area (Å²) in [5, 5.41) is 6.92. The number of piperidine rings is 1. The lowest BCUT2D eigenvalue weighted by Crippen LogP contribution is -2.48. The van der Waals surface area contributed by atoms with E-state index in [4.69, 9.17) is 4.98 Å². The Hall–Kier alpha value is -2.99. The quantitative estimate of drug-likeness (QED) is 0.533. The van der Waals surface area contributed by atoms with Gasteiger partial charge in [-0.05, 0) is 57.0 Å². The zero-order valence-electron chi connectivity index (χ0n) is 17.5. The summed E-state index contributed by atoms with van der Waals surface area (Å²) in [6.07, 6.45) is 3.61. The van der Waals surface area contributed by atoms with Crippen molar-refractivity contribution in [2.75, 3.05) is 5.32 Å². The van der Waals surface area contributed by atoms with Gasteiger partial charge in [0.25, 0.3) is 0 Å². The number of nitrogens with zero attached hydrogens (tertiary/aromatic N) is 2. The molecule has 2 aromatic heterocycles. The highest BCUT2D eigenvalue weighted by Crippen LogP contribution is 2.34. The van der Waals surface area contributed by atoms with Crippen LogP contribution in [0.3, 0.4) is 0 Å². The number of nitrogens with one attached hydrogen (secondary N) is 2. The minimum absolute atomic E-state index is 0.00166. The third-order valence-corrected chi connectivity index (χ3v) is 6.32. The molecule has 6 heteroatoms. The molecule has 0 spiro atoms. The van der Waals surface area contributed by atoms with Gasteiger partial charge < -0.3 is 10.6 Å². The fourth-order valence-corrected chi connectivity index (χ4v) is 4.91. The van der Waals surface area contributed by atoms with Crippen LogP contribution < -0.4 is 10.6 Å². The van der Waals surface area contributed by atoms with E-state index in [-0.39, 0.29) is 17.4 Å². The Bertz CT molecular complexity index is 1100. The second kappa shape index (κ2) is 8.03. The van der Waals surface area contributed by atoms with Crippen molar-refractivity contribution in [1.82, 2.24) is 15.3 Å². The summed E-state index contributed by atoms with van der Waals surface area (Å²) in [7, 11) is 0. The van der Waals surface area contributed by atoms with Crippen LogP contribution in [0.1, 0.15) is 44.0 Å². The van der Waals surface area contributed by atoms with Crippen LogP contribution in [-0.2, 0) is 0 Å². The van der Waals surface area contributed by atoms with Crippen LogP contribution in [0.5, 0.6) is 0 Å². The molecule has 0 amide bonds. The topological polar surface area (TPSA) is 66.9 Å². The molecule has 0 saturated carbocycles. The highest BCUT2D eigenvalue weighted by molar-refractivity contribution is 7.18. The molecule has 1 aliphatic rings. The summed E-state index contributed by atoms with van der Waals surface area (Å²) in [5.41, 5.74) is 3.69. The highest BCUT2D eigenvalue weighted by atomic mass is 32.1. The summed E-state index contributed by atoms with van der Waals surface area (Å²) in [5.74, 6) is 0.709. The van der Waals surface area contributed by atoms with E-state index in [1.54, 1.807) is 24.5 Å². The molecule has 1 saturated heterocycles. The molecular formula is C24H26N4OS. The normalized spacial score (nSPS) is 18.0. The SMILES string of the molecule is C=C1CC(Nc2nccc(-c3ccc(-c4cccc(C(C)=O)c4)s3)n2)CC(C)(C)N1. The Kier molecular flexibility index (Phi) is 5.43. The average molecular weight is 419 g/mol. The molecule has 5 nitrogen and oxygen atoms in total. The van der Waals surface area contributed by atoms with Crippen molar-refractivity contribution in [3.63, 3.8) is 0 Å². The first-order valence-corrected chi connectivity index (χ1v) is 10.9. The second-order valence-corrected chi connectivity index (χ2v) is 9.51. The summed E-state index contributed by atoms with van der Waals surface area (Å²) in [4.78, 5) is 23.0. The van der Waals surface area contributed by atoms with Crippen molar-refractivity contribution in [2.24, 2.45) is 0 Å². The van der Waals surface area contributed by atoms with E-state index < -0.39 is 0 Å². The number of Topliss-reactive ketones (excluding diaryl/α,β-unsaturated/α-hetero) is 1. The summed E-state index contributed by atoms with van der Waals surface area (Å²) in [6, 6.07) is 14.1. The third-order valence-electron chi connectivity index (χ3n) is 5.17. The van der Waals surface area contributed by atoms with E-state index in [0.717, 1.165) is 45.1 Å². The highest BCUT2D eigenvalue weighted by Gasteiger charge is 2.29. The Morgan fingerprint density at radius 2 is 2.03 bits per heavy atom. The maximum absolute atomic E-state index is 11.7. The summed E-state index contributed by atoms with van der Waals surface area (Å²) >= 11 is 1.66. The second-order valence-electron chi connectivity index (χ2n) is 8.43. The average Bonchev–Trinajstić information content (AvgIpc) is 3.17. The van der Waals surface area contributed by atoms with Gasteiger partial charge >= 0.3 is 0 Å². The maximum atomic E-state index is 11.7. The predicted octanol–water partition coefficient (Wildman–Crippen LogP) is 5.53. The van der Waals surface area contributed by atoms with Gasteiger partial charge in [0.05, 0.1) is 10.6 Å². The van der Waals surface area contributed by atoms with Crippen LogP contribution in [0.4, 0.5) is 5.95 Å². The number of aromatic nitrogens is 2. The third kappa shape index (κ3) is 4.60. The molecule has 1 unspecified atom stereocenters. The Labute approximate surface area is 181 Å². The van der Waals surface area contributed by atoms with Gasteiger partial charge in [0, 0.05) is 40.3 Å². The lowest BCUT2D eigenvalue weighted by molar-refractivity contribution is 0.101. The monoisotopic (exact) mass is 418 g/mol. The Morgan fingerprint density at radius 3 is 2.80 bits per heavy atom. The zero-order chi connectivity index (χ0) is 21.3. The smallest absolute Gasteiger partial charge is 0.223 e. The van der Waals surface area contributed by atoms with Crippen LogP contribution >= 0.6 is 11.3 Å². The molecule has 3 aromatic rings. The van der Waals surface area contributed by atoms with E-state index in [1.165, 1.54) is 0 Å². The molecule has 30 heavy (non-hydrogen) atoms. The van der Waals surface area contributed by atoms with E-state index in [1.807, 2.05) is 30.3 Å². The van der Waals surface area contributed by atoms with Crippen LogP contribution in [0, 0.1) is 0 Å². The molecule has 1 atom stereocenters. The molecular weight excluding hydrogens is 392 g/mol. The standard InChI is InChI=1S/C24H26N4OS/c1-15-12-19(14-24(3,4)28-15)26-23-25-11-10-20(27-23)22-9-8-21(30-22)18-7-5-6-17(13-18)16(2)29/h5-11,13,19,28H,1,12,14H2,2-4H3,(H,25,26,27). The fourth-order valence-electron chi connectivity index (χ4n) is 3.94. The Morgan fingerprint density at radius 1 is 1.23 bits per heavy atom. The van der Waals surface area contributed by atoms with E-state index in [0.29, 0.717) is 5.95 Å². The first kappa shape index (κ1) is 20.3. The number of carbonyl (C=O) groups excluding carboxylic acids is 1. The lowest BCUT2D eigenvalue weighted by Gasteiger charge is -2.38. The van der Waals surface area contributed by atoms with Gasteiger partial charge in [0.2, 0.25) is 5.95 Å². The fraction of sp³-hybridized carbons (Fsp3) is 0.292. The molecule has 154 valence electrons. The van der Waals surface area contributed by atoms with Crippen LogP contribution in [0.2, 0.25) is 0 Å². The van der Waals surface area contributed by atoms with Gasteiger partial charge in [-0.25, -0.2) is 9.97 Å². The van der Waals surface area contributed by atoms with Crippen molar-refractivity contribution < 1.29 is 4.79 Å². The van der Waals surface area contributed by atoms with Gasteiger partial charge in [0.15, 0.2) is 5.78 Å². The van der Waals surface area contributed by atoms with Crippen molar-refractivity contribution in [1.29, 1.82) is 0 Å². The predicted molar refractivity (Wildman–Crippen MR) is 124 cm³/mol. The van der Waals surface area contributed by atoms with Gasteiger partial charge in [0.1, 0.15) is 0 Å². The first-order chi connectivity index (χ1) is 14.3. The molecule has 4 rings (SSSR count). The van der Waals surface area contributed by atoms with Crippen molar-refractivity contribution in [3.8, 4) is 21.0 Å². The van der Waals surface area contributed by atoms with Crippen molar-refractivity contribution in [3.05, 3.63) is 66.5 Å². The van der Waals surface area contributed by atoms with E-state index in [9.17, 15) is 4.79 Å². The van der Waals surface area contributed by atoms with E-state index >= 15 is 0 Å². The summed E-state index contributed by atoms with van der Waals surface area (Å²) in [6.45, 7) is 10.1. The van der Waals surface area contributed by atoms with Crippen LogP contribution in [0.25, 0.3) is 21.0 Å². The number of hydrogen-bond donors (Lipinski definition) is 2. The van der Waals surface area contributed by atoms with E-state index in [2.05, 4.69) is 48.2 Å². The lowest BCUT2D eigenvalue weighted by atomic mass is 9.88. The molecule has 2 N–H and O–H groups in total. The number of anilines is 1. The number of carbonyl (C=O) groups is 1. The van der Waals surface area contributed by atoms with Crippen molar-refractivity contribution >= 4 is 23.1 Å². The van der Waals surface area contributed by atoms with Gasteiger partial charge in [-0.1, -0.05) is 24.8 Å². The molecule has 1 fully saturated rings. The van der Waals surface area contributed by atoms with Gasteiger partial charge in [-0.15, -0.1) is 11.3 Å². The number of ketones is 1. The minimum Gasteiger partial charge on any atom is -0.384 e. The van der Waals surface area contributed by atoms with Crippen LogP contribution in [-0.4, -0.2) is 27.3 Å². The first-order valence-electron chi connectivity index (χ1n) is 10.1. The number of thiophene rings is 1. The number of hydrogen-bond acceptors (Lipinski definition) is 6. The molecule has 1 aromatic carbocycles. The van der Waals surface area contributed by atoms with Gasteiger partial charge in [-0.3, -0.25) is 4.79 Å². The largest absolute Gasteiger partial charge is 0.384 e. The molecule has 0 radical (unpaired) electrons. The number of rotatable bonds is 5. The zero-order valence-corrected chi connectivity index (χ0v) is 18.3. The van der Waals surface area contributed by atoms with Crippen molar-refractivity contribution in [2.45, 2.75) is 45.2 Å².